The van der Waals surface area contributed by atoms with E-state index in [2.05, 4.69) is 0 Å². The molecule has 0 saturated heterocycles. The Bertz CT molecular complexity index is 382. The van der Waals surface area contributed by atoms with Gasteiger partial charge in [-0.25, -0.2) is 4.39 Å². The first-order valence-corrected chi connectivity index (χ1v) is 4.81. The second-order valence-corrected chi connectivity index (χ2v) is 3.10. The van der Waals surface area contributed by atoms with Crippen LogP contribution in [0.15, 0.2) is 24.3 Å². The number of rotatable bonds is 4. The van der Waals surface area contributed by atoms with E-state index >= 15 is 0 Å². The molecule has 0 aliphatic heterocycles. The van der Waals surface area contributed by atoms with Crippen LogP contribution in [0.1, 0.15) is 18.4 Å². The van der Waals surface area contributed by atoms with Crippen LogP contribution in [0, 0.1) is 5.82 Å². The first-order valence-electron chi connectivity index (χ1n) is 4.81. The van der Waals surface area contributed by atoms with Gasteiger partial charge in [0.05, 0.1) is 12.5 Å². The van der Waals surface area contributed by atoms with Gasteiger partial charge in [-0.3, -0.25) is 4.79 Å². The third-order valence-electron chi connectivity index (χ3n) is 2.06. The lowest BCUT2D eigenvalue weighted by molar-refractivity contribution is -0.144. The van der Waals surface area contributed by atoms with Crippen molar-refractivity contribution in [2.45, 2.75) is 12.8 Å². The molecule has 0 bridgehead atoms. The summed E-state index contributed by atoms with van der Waals surface area (Å²) in [6.45, 7) is 2.13. The van der Waals surface area contributed by atoms with Crippen molar-refractivity contribution in [1.29, 1.82) is 0 Å². The van der Waals surface area contributed by atoms with Crippen LogP contribution in [0.5, 0.6) is 0 Å². The Morgan fingerprint density at radius 1 is 0.556 bits per heavy atom. The number of carbonyl (C=O) groups is 1. The minimum atomic E-state index is -0.583. The van der Waals surface area contributed by atoms with Crippen LogP contribution in [0.25, 0.3) is 0 Å². The maximum atomic E-state index is 12.9. The number of ether oxygens (including phenoxy) is 1. The summed E-state index contributed by atoms with van der Waals surface area (Å²) in [5, 5.41) is 0. The smallest absolute Gasteiger partial charge is 0.314 e. The zero-order valence-corrected chi connectivity index (χ0v) is 45.3. The Hall–Kier alpha value is 7.28. The highest BCUT2D eigenvalue weighted by atomic mass is 35.5. The Kier molecular flexibility index (Phi) is 1160. The maximum absolute atomic E-state index is 12.9. The van der Waals surface area contributed by atoms with Crippen LogP contribution in [-0.2, 0) is 9.53 Å². The molecular weight excluding hydrogens is 1260 g/mol. The van der Waals surface area contributed by atoms with Crippen molar-refractivity contribution >= 4 is 378 Å². The van der Waals surface area contributed by atoms with Gasteiger partial charge in [-0.15, -0.1) is 372 Å². The second-order valence-electron chi connectivity index (χ2n) is 3.10. The van der Waals surface area contributed by atoms with Crippen molar-refractivity contribution in [3.63, 3.8) is 0 Å². The molecule has 0 spiro atoms. The van der Waals surface area contributed by atoms with Gasteiger partial charge < -0.3 is 10.5 Å². The lowest BCUT2D eigenvalue weighted by Crippen LogP contribution is -2.23. The average molecular weight is 1310 g/mol. The Balaban J connectivity index is -0.00000000268. The second kappa shape index (κ2) is 188. The van der Waals surface area contributed by atoms with Gasteiger partial charge in [0, 0.05) is 6.54 Å². The third kappa shape index (κ3) is 136. The lowest BCUT2D eigenvalue weighted by Gasteiger charge is -2.13. The fourth-order valence-corrected chi connectivity index (χ4v) is 1.33. The van der Waals surface area contributed by atoms with Gasteiger partial charge in [-0.2, -0.15) is 0 Å². The molecule has 0 saturated carbocycles. The highest BCUT2D eigenvalue weighted by Gasteiger charge is 2.20. The molecule has 0 aliphatic rings. The number of halogens is 31. The molecule has 1 aromatic carbocycles. The lowest BCUT2D eigenvalue weighted by atomic mass is 9.99. The van der Waals surface area contributed by atoms with Crippen molar-refractivity contribution in [2.24, 2.45) is 5.73 Å². The quantitative estimate of drug-likeness (QED) is 0.306. The number of hydrogen-bond acceptors (Lipinski definition) is 3. The Morgan fingerprint density at radius 3 is 0.978 bits per heavy atom. The zero-order valence-electron chi connectivity index (χ0n) is 20.8. The molecule has 0 aliphatic carbocycles. The summed E-state index contributed by atoms with van der Waals surface area (Å²) < 4.78 is 17.8. The largest absolute Gasteiger partial charge is 0.465 e. The van der Waals surface area contributed by atoms with E-state index in [1.165, 1.54) is 12.1 Å². The van der Waals surface area contributed by atoms with Crippen LogP contribution in [0.3, 0.4) is 0 Å². The predicted molar refractivity (Wildman–Crippen MR) is 272 cm³/mol. The number of esters is 1. The molecule has 1 rings (SSSR count). The predicted octanol–water partition coefficient (Wildman–Crippen LogP) is 14.1. The molecule has 1 unspecified atom stereocenters. The standard InChI is InChI=1S/C11H14FNO2.30ClH/c1-2-15-11(14)10(7-13)8-4-3-5-9(12)6-8;;;;;;;;;;;;;;;;;;;;;;;;;;;;;;/h3-6,10H,2,7,13H2,1H3;30*1H. The van der Waals surface area contributed by atoms with Gasteiger partial charge in [0.25, 0.3) is 0 Å². The van der Waals surface area contributed by atoms with Crippen LogP contribution >= 0.6 is 372 Å². The minimum Gasteiger partial charge on any atom is -0.465 e. The molecule has 0 amide bonds. The van der Waals surface area contributed by atoms with Gasteiger partial charge in [0.2, 0.25) is 0 Å². The van der Waals surface area contributed by atoms with Crippen LogP contribution in [0.4, 0.5) is 4.39 Å². The summed E-state index contributed by atoms with van der Waals surface area (Å²) in [5.74, 6) is -1.37. The van der Waals surface area contributed by atoms with Gasteiger partial charge in [-0.1, -0.05) is 12.1 Å². The fourth-order valence-electron chi connectivity index (χ4n) is 1.33. The molecule has 2 N–H and O–H groups in total. The zero-order chi connectivity index (χ0) is 11.3. The van der Waals surface area contributed by atoms with E-state index in [9.17, 15) is 9.18 Å². The summed E-state index contributed by atoms with van der Waals surface area (Å²) in [6.07, 6.45) is 0. The summed E-state index contributed by atoms with van der Waals surface area (Å²) in [7, 11) is 0. The van der Waals surface area contributed by atoms with E-state index in [4.69, 9.17) is 10.5 Å². The van der Waals surface area contributed by atoms with E-state index < -0.39 is 11.9 Å². The van der Waals surface area contributed by atoms with E-state index in [1.807, 2.05) is 0 Å². The summed E-state index contributed by atoms with van der Waals surface area (Å²) in [6, 6.07) is 5.83. The molecule has 0 aromatic heterocycles. The van der Waals surface area contributed by atoms with Crippen LogP contribution in [0.2, 0.25) is 0 Å². The van der Waals surface area contributed by atoms with Crippen molar-refractivity contribution in [2.75, 3.05) is 13.2 Å². The van der Waals surface area contributed by atoms with Crippen LogP contribution in [-0.4, -0.2) is 19.1 Å². The van der Waals surface area contributed by atoms with Gasteiger partial charge in [0.1, 0.15) is 5.82 Å². The Labute approximate surface area is 453 Å². The van der Waals surface area contributed by atoms with Gasteiger partial charge >= 0.3 is 5.97 Å². The molecular formula is C11H44Cl30FNO2. The number of hydrogen-bond donors (Lipinski definition) is 1. The number of nitrogens with two attached hydrogens (primary N) is 1. The Morgan fingerprint density at radius 2 is 0.800 bits per heavy atom. The third-order valence-corrected chi connectivity index (χ3v) is 2.06. The molecule has 322 valence electrons. The molecule has 3 nitrogen and oxygen atoms in total. The number of carbonyl (C=O) groups excluding carboxylic acids is 1. The van der Waals surface area contributed by atoms with E-state index in [0.717, 1.165) is 0 Å². The van der Waals surface area contributed by atoms with Crippen LogP contribution < -0.4 is 5.73 Å². The molecule has 45 heavy (non-hydrogen) atoms. The fraction of sp³-hybridized carbons (Fsp3) is 0.364. The van der Waals surface area contributed by atoms with Gasteiger partial charge in [-0.05, 0) is 24.6 Å². The van der Waals surface area contributed by atoms with Crippen molar-refractivity contribution in [3.8, 4) is 0 Å². The molecule has 0 fully saturated rings. The maximum Gasteiger partial charge on any atom is 0.314 e. The molecule has 0 radical (unpaired) electrons. The molecule has 1 atom stereocenters. The summed E-state index contributed by atoms with van der Waals surface area (Å²) in [4.78, 5) is 11.5. The first kappa shape index (κ1) is 277. The van der Waals surface area contributed by atoms with E-state index in [1.54, 1.807) is 19.1 Å². The first-order chi connectivity index (χ1) is 7.19. The topological polar surface area (TPSA) is 52.3 Å². The highest BCUT2D eigenvalue weighted by molar-refractivity contribution is 5.88. The van der Waals surface area contributed by atoms with Crippen molar-refractivity contribution in [3.05, 3.63) is 35.6 Å². The van der Waals surface area contributed by atoms with E-state index in [-0.39, 0.29) is 385 Å². The summed E-state index contributed by atoms with van der Waals surface area (Å²) >= 11 is 0. The minimum absolute atomic E-state index is 0. The highest BCUT2D eigenvalue weighted by Crippen LogP contribution is 2.17. The van der Waals surface area contributed by atoms with Crippen molar-refractivity contribution in [1.82, 2.24) is 0 Å². The normalized spacial score (nSPS) is 4.07. The average Bonchev–Trinajstić information content (AvgIpc) is 2.19. The van der Waals surface area contributed by atoms with Gasteiger partial charge in [0.15, 0.2) is 0 Å². The summed E-state index contributed by atoms with van der Waals surface area (Å²) in [5.41, 5.74) is 6.01. The van der Waals surface area contributed by atoms with Crippen molar-refractivity contribution < 1.29 is 13.9 Å². The van der Waals surface area contributed by atoms with E-state index in [0.29, 0.717) is 12.2 Å². The molecule has 0 heterocycles. The SMILES string of the molecule is CCOC(=O)C(CN)c1cccc(F)c1.Cl.Cl.Cl.Cl.Cl.Cl.Cl.Cl.Cl.Cl.Cl.Cl.Cl.Cl.Cl.Cl.Cl.Cl.Cl.Cl.Cl.Cl.Cl.Cl.Cl.Cl.Cl.Cl.Cl.Cl. The number of benzene rings is 1. The molecule has 34 heteroatoms. The monoisotopic (exact) mass is 1290 g/mol. The molecule has 1 aromatic rings.